The molecule has 0 saturated carbocycles. The minimum absolute atomic E-state index is 0.0550. The Morgan fingerprint density at radius 1 is 0.978 bits per heavy atom. The van der Waals surface area contributed by atoms with Crippen molar-refractivity contribution in [2.24, 2.45) is 11.8 Å². The monoisotopic (exact) mass is 648 g/mol. The fourth-order valence-electron chi connectivity index (χ4n) is 4.94. The van der Waals surface area contributed by atoms with E-state index in [1.165, 1.54) is 11.3 Å². The topological polar surface area (TPSA) is 165 Å². The molecule has 0 radical (unpaired) electrons. The lowest BCUT2D eigenvalue weighted by molar-refractivity contribution is -0.132. The molecule has 0 aliphatic carbocycles. The first kappa shape index (κ1) is 36.3. The lowest BCUT2D eigenvalue weighted by Gasteiger charge is -2.26. The van der Waals surface area contributed by atoms with Crippen molar-refractivity contribution in [3.05, 3.63) is 34.1 Å². The number of hydrogen-bond acceptors (Lipinski definition) is 11. The van der Waals surface area contributed by atoms with Crippen LogP contribution in [0.2, 0.25) is 0 Å². The summed E-state index contributed by atoms with van der Waals surface area (Å²) in [6, 6.07) is -1.11. The van der Waals surface area contributed by atoms with Crippen LogP contribution >= 0.6 is 11.3 Å². The fraction of sp³-hybridized carbons (Fsp3) is 0.677. The fourth-order valence-corrected chi connectivity index (χ4v) is 5.52. The molecular formula is C31H48N6O7S. The van der Waals surface area contributed by atoms with E-state index >= 15 is 0 Å². The van der Waals surface area contributed by atoms with Crippen molar-refractivity contribution in [3.8, 4) is 0 Å². The van der Waals surface area contributed by atoms with Gasteiger partial charge in [0.2, 0.25) is 11.8 Å². The van der Waals surface area contributed by atoms with Crippen LogP contribution < -0.4 is 16.0 Å². The van der Waals surface area contributed by atoms with Crippen molar-refractivity contribution in [1.29, 1.82) is 0 Å². The number of amides is 3. The quantitative estimate of drug-likeness (QED) is 0.193. The van der Waals surface area contributed by atoms with Crippen molar-refractivity contribution in [1.82, 2.24) is 31.0 Å². The van der Waals surface area contributed by atoms with Gasteiger partial charge < -0.3 is 29.9 Å². The Bertz CT molecular complexity index is 1210. The lowest BCUT2D eigenvalue weighted by atomic mass is 9.97. The van der Waals surface area contributed by atoms with Gasteiger partial charge in [0.15, 0.2) is 17.2 Å². The molecule has 2 aromatic rings. The molecule has 1 aliphatic heterocycles. The average Bonchev–Trinajstić information content (AvgIpc) is 3.69. The highest BCUT2D eigenvalue weighted by Gasteiger charge is 2.31. The number of nitrogens with zero attached hydrogens (tertiary/aromatic N) is 3. The predicted molar refractivity (Wildman–Crippen MR) is 169 cm³/mol. The molecule has 0 aromatic carbocycles. The number of aromatic nitrogens is 2. The van der Waals surface area contributed by atoms with Crippen molar-refractivity contribution in [2.75, 3.05) is 39.5 Å². The summed E-state index contributed by atoms with van der Waals surface area (Å²) in [5.74, 6) is -0.953. The molecule has 3 N–H and O–H groups in total. The van der Waals surface area contributed by atoms with E-state index in [0.717, 1.165) is 13.1 Å². The van der Waals surface area contributed by atoms with Crippen LogP contribution in [0.4, 0.5) is 0 Å². The lowest BCUT2D eigenvalue weighted by Crippen LogP contribution is -2.56. The van der Waals surface area contributed by atoms with Crippen LogP contribution in [-0.4, -0.2) is 96.2 Å². The molecule has 1 fully saturated rings. The first-order valence-electron chi connectivity index (χ1n) is 15.7. The molecule has 45 heavy (non-hydrogen) atoms. The van der Waals surface area contributed by atoms with E-state index in [9.17, 15) is 19.2 Å². The minimum Gasteiger partial charge on any atom is -0.381 e. The third kappa shape index (κ3) is 12.6. The summed E-state index contributed by atoms with van der Waals surface area (Å²) in [6.07, 6.45) is 1.07. The maximum absolute atomic E-state index is 13.7. The summed E-state index contributed by atoms with van der Waals surface area (Å²) in [7, 11) is 0. The maximum Gasteiger partial charge on any atom is 0.274 e. The van der Waals surface area contributed by atoms with Gasteiger partial charge in [-0.1, -0.05) is 32.9 Å². The van der Waals surface area contributed by atoms with Crippen molar-refractivity contribution in [2.45, 2.75) is 85.0 Å². The summed E-state index contributed by atoms with van der Waals surface area (Å²) < 4.78 is 16.1. The highest BCUT2D eigenvalue weighted by atomic mass is 32.1. The highest BCUT2D eigenvalue weighted by Crippen LogP contribution is 2.13. The van der Waals surface area contributed by atoms with E-state index in [1.54, 1.807) is 17.0 Å². The van der Waals surface area contributed by atoms with E-state index in [1.807, 2.05) is 34.6 Å². The Balaban J connectivity index is 1.71. The van der Waals surface area contributed by atoms with E-state index in [4.69, 9.17) is 14.0 Å². The number of carbonyl (C=O) groups excluding carboxylic acids is 4. The molecule has 0 bridgehead atoms. The largest absolute Gasteiger partial charge is 0.381 e. The molecule has 1 aliphatic rings. The number of ether oxygens (including phenoxy) is 2. The second-order valence-corrected chi connectivity index (χ2v) is 12.8. The van der Waals surface area contributed by atoms with Crippen LogP contribution in [0, 0.1) is 11.8 Å². The molecule has 3 atom stereocenters. The molecule has 3 amide bonds. The van der Waals surface area contributed by atoms with Gasteiger partial charge >= 0.3 is 0 Å². The number of thiazole rings is 1. The van der Waals surface area contributed by atoms with Crippen molar-refractivity contribution >= 4 is 34.8 Å². The van der Waals surface area contributed by atoms with Crippen LogP contribution in [0.3, 0.4) is 0 Å². The van der Waals surface area contributed by atoms with Crippen LogP contribution in [-0.2, 0) is 36.8 Å². The van der Waals surface area contributed by atoms with Gasteiger partial charge in [-0.15, -0.1) is 11.3 Å². The van der Waals surface area contributed by atoms with E-state index in [0.29, 0.717) is 50.7 Å². The SMILES string of the molecule is CCOCCC(=O)C(CC(C)C)NC(=O)[C@H](Cc1cscn1)NC(=O)C(CC(C)C)NC(=O)c1cc(CN2CCOCC2)on1. The summed E-state index contributed by atoms with van der Waals surface area (Å²) in [5, 5.41) is 14.2. The van der Waals surface area contributed by atoms with E-state index in [-0.39, 0.29) is 42.8 Å². The Kier molecular flexibility index (Phi) is 15.1. The second kappa shape index (κ2) is 18.7. The number of ketones is 1. The van der Waals surface area contributed by atoms with Crippen LogP contribution in [0.25, 0.3) is 0 Å². The Hall–Kier alpha value is -3.20. The number of morpholine rings is 1. The molecular weight excluding hydrogens is 600 g/mol. The van der Waals surface area contributed by atoms with E-state index < -0.39 is 35.8 Å². The zero-order chi connectivity index (χ0) is 32.8. The standard InChI is InChI=1S/C31H48N6O7S/c1-6-42-10-7-28(38)24(13-20(2)3)33-30(40)26(15-22-18-45-19-32-22)35-29(39)25(14-21(4)5)34-31(41)27-16-23(44-36-27)17-37-8-11-43-12-9-37/h16,18-21,24-26H,6-15,17H2,1-5H3,(H,33,40)(H,34,41)(H,35,39)/t24?,25?,26-/m0/s1. The van der Waals surface area contributed by atoms with Gasteiger partial charge in [0.25, 0.3) is 5.91 Å². The number of carbonyl (C=O) groups is 4. The average molecular weight is 649 g/mol. The highest BCUT2D eigenvalue weighted by molar-refractivity contribution is 7.07. The Labute approximate surface area is 269 Å². The van der Waals surface area contributed by atoms with Crippen LogP contribution in [0.5, 0.6) is 0 Å². The van der Waals surface area contributed by atoms with Gasteiger partial charge in [0, 0.05) is 44.0 Å². The number of rotatable bonds is 19. The van der Waals surface area contributed by atoms with Crippen LogP contribution in [0.15, 0.2) is 21.5 Å². The van der Waals surface area contributed by atoms with Crippen molar-refractivity contribution < 1.29 is 33.2 Å². The molecule has 2 unspecified atom stereocenters. The molecule has 1 saturated heterocycles. The van der Waals surface area contributed by atoms with E-state index in [2.05, 4.69) is 31.0 Å². The molecule has 3 heterocycles. The summed E-state index contributed by atoms with van der Waals surface area (Å²) >= 11 is 1.38. The molecule has 0 spiro atoms. The number of hydrogen-bond donors (Lipinski definition) is 3. The molecule has 3 rings (SSSR count). The third-order valence-corrected chi connectivity index (χ3v) is 7.88. The summed E-state index contributed by atoms with van der Waals surface area (Å²) in [5.41, 5.74) is 2.35. The predicted octanol–water partition coefficient (Wildman–Crippen LogP) is 2.36. The molecule has 250 valence electrons. The maximum atomic E-state index is 13.7. The zero-order valence-corrected chi connectivity index (χ0v) is 27.8. The molecule has 13 nitrogen and oxygen atoms in total. The van der Waals surface area contributed by atoms with Gasteiger partial charge in [0.05, 0.1) is 43.6 Å². The van der Waals surface area contributed by atoms with Crippen molar-refractivity contribution in [3.63, 3.8) is 0 Å². The van der Waals surface area contributed by atoms with Gasteiger partial charge in [-0.2, -0.15) is 0 Å². The van der Waals surface area contributed by atoms with Gasteiger partial charge in [-0.3, -0.25) is 24.1 Å². The first-order valence-corrected chi connectivity index (χ1v) is 16.6. The number of nitrogens with one attached hydrogen (secondary N) is 3. The zero-order valence-electron chi connectivity index (χ0n) is 27.0. The normalized spacial score (nSPS) is 15.9. The van der Waals surface area contributed by atoms with Gasteiger partial charge in [0.1, 0.15) is 12.1 Å². The smallest absolute Gasteiger partial charge is 0.274 e. The number of Topliss-reactive ketones (excluding diaryl/α,β-unsaturated/α-hetero) is 1. The second-order valence-electron chi connectivity index (χ2n) is 12.1. The summed E-state index contributed by atoms with van der Waals surface area (Å²) in [6.45, 7) is 13.7. The van der Waals surface area contributed by atoms with Gasteiger partial charge in [-0.05, 0) is 31.6 Å². The van der Waals surface area contributed by atoms with Crippen LogP contribution in [0.1, 0.15) is 75.8 Å². The Morgan fingerprint density at radius 3 is 2.29 bits per heavy atom. The molecule has 14 heteroatoms. The van der Waals surface area contributed by atoms with Gasteiger partial charge in [-0.25, -0.2) is 4.98 Å². The Morgan fingerprint density at radius 2 is 1.64 bits per heavy atom. The summed E-state index contributed by atoms with van der Waals surface area (Å²) in [4.78, 5) is 59.9. The first-order chi connectivity index (χ1) is 21.5. The molecule has 2 aromatic heterocycles. The minimum atomic E-state index is -1.02. The third-order valence-electron chi connectivity index (χ3n) is 7.24.